The van der Waals surface area contributed by atoms with Gasteiger partial charge in [0, 0.05) is 16.4 Å². The number of carbonyl (C=O) groups excluding carboxylic acids is 3. The van der Waals surface area contributed by atoms with Crippen LogP contribution in [0.25, 0.3) is 6.08 Å². The van der Waals surface area contributed by atoms with Crippen LogP contribution in [0, 0.1) is 0 Å². The molecule has 0 atom stereocenters. The van der Waals surface area contributed by atoms with Gasteiger partial charge in [0.1, 0.15) is 11.3 Å². The number of anilines is 2. The number of rotatable bonds is 7. The molecule has 9 heteroatoms. The highest BCUT2D eigenvalue weighted by atomic mass is 35.5. The summed E-state index contributed by atoms with van der Waals surface area (Å²) in [5.74, 6) is -1.04. The molecule has 1 N–H and O–H groups in total. The summed E-state index contributed by atoms with van der Waals surface area (Å²) >= 11 is 12.1. The molecule has 0 aromatic heterocycles. The van der Waals surface area contributed by atoms with E-state index < -0.39 is 11.8 Å². The zero-order valence-electron chi connectivity index (χ0n) is 20.0. The Morgan fingerprint density at radius 3 is 2.30 bits per heavy atom. The zero-order chi connectivity index (χ0) is 26.5. The van der Waals surface area contributed by atoms with Gasteiger partial charge >= 0.3 is 5.97 Å². The number of ketones is 1. The first-order valence-electron chi connectivity index (χ1n) is 11.2. The third-order valence-electron chi connectivity index (χ3n) is 5.57. The minimum Gasteiger partial charge on any atom is -0.484 e. The predicted octanol–water partition coefficient (Wildman–Crippen LogP) is 5.89. The van der Waals surface area contributed by atoms with E-state index in [2.05, 4.69) is 5.32 Å². The SMILES string of the molecule is COC(=O)C1=C(C)N(c2ccc(Cl)cc2)/C(=C\c2ccc(OCC(=O)Nc3ccccc3Cl)cc2)C1=O. The number of benzene rings is 3. The van der Waals surface area contributed by atoms with Gasteiger partial charge in [0.25, 0.3) is 5.91 Å². The monoisotopic (exact) mass is 536 g/mol. The summed E-state index contributed by atoms with van der Waals surface area (Å²) in [6, 6.07) is 20.7. The first kappa shape index (κ1) is 26.0. The normalized spacial score (nSPS) is 14.2. The minimum atomic E-state index is -0.705. The van der Waals surface area contributed by atoms with Crippen molar-refractivity contribution in [3.63, 3.8) is 0 Å². The number of para-hydroxylation sites is 1. The van der Waals surface area contributed by atoms with Gasteiger partial charge in [0.15, 0.2) is 6.61 Å². The zero-order valence-corrected chi connectivity index (χ0v) is 21.5. The molecule has 188 valence electrons. The van der Waals surface area contributed by atoms with Crippen LogP contribution >= 0.6 is 23.2 Å². The van der Waals surface area contributed by atoms with E-state index in [0.717, 1.165) is 0 Å². The molecule has 4 rings (SSSR count). The van der Waals surface area contributed by atoms with E-state index in [1.54, 1.807) is 90.7 Å². The number of esters is 1. The van der Waals surface area contributed by atoms with E-state index in [1.807, 2.05) is 0 Å². The van der Waals surface area contributed by atoms with Gasteiger partial charge < -0.3 is 19.7 Å². The van der Waals surface area contributed by atoms with Crippen LogP contribution in [0.15, 0.2) is 89.8 Å². The van der Waals surface area contributed by atoms with Gasteiger partial charge in [-0.2, -0.15) is 0 Å². The van der Waals surface area contributed by atoms with Crippen LogP contribution < -0.4 is 15.0 Å². The lowest BCUT2D eigenvalue weighted by molar-refractivity contribution is -0.137. The molecule has 0 bridgehead atoms. The molecule has 0 aliphatic carbocycles. The summed E-state index contributed by atoms with van der Waals surface area (Å²) in [5, 5.41) is 3.67. The molecule has 0 saturated carbocycles. The van der Waals surface area contributed by atoms with Gasteiger partial charge in [0.2, 0.25) is 5.78 Å². The largest absolute Gasteiger partial charge is 0.484 e. The van der Waals surface area contributed by atoms with Gasteiger partial charge in [-0.25, -0.2) is 4.79 Å². The standard InChI is InChI=1S/C28H22Cl2N2O5/c1-17-26(28(35)36-2)27(34)24(32(17)20-11-9-19(29)10-12-20)15-18-7-13-21(14-8-18)37-16-25(33)31-23-6-4-3-5-22(23)30/h3-15H,16H2,1-2H3,(H,31,33)/b24-15-. The van der Waals surface area contributed by atoms with E-state index >= 15 is 0 Å². The summed E-state index contributed by atoms with van der Waals surface area (Å²) in [5.41, 5.74) is 2.57. The van der Waals surface area contributed by atoms with Crippen LogP contribution in [-0.2, 0) is 19.1 Å². The van der Waals surface area contributed by atoms with Crippen molar-refractivity contribution in [3.05, 3.63) is 105 Å². The summed E-state index contributed by atoms with van der Waals surface area (Å²) in [7, 11) is 1.23. The van der Waals surface area contributed by atoms with Gasteiger partial charge in [-0.15, -0.1) is 0 Å². The third kappa shape index (κ3) is 5.85. The Morgan fingerprint density at radius 2 is 1.65 bits per heavy atom. The number of nitrogens with zero attached hydrogens (tertiary/aromatic N) is 1. The molecule has 7 nitrogen and oxygen atoms in total. The number of hydrogen-bond acceptors (Lipinski definition) is 6. The molecule has 0 spiro atoms. The Balaban J connectivity index is 1.52. The molecular weight excluding hydrogens is 515 g/mol. The Hall–Kier alpha value is -4.07. The average Bonchev–Trinajstić information content (AvgIpc) is 3.14. The molecule has 0 unspecified atom stereocenters. The first-order valence-corrected chi connectivity index (χ1v) is 11.9. The molecule has 1 aliphatic rings. The third-order valence-corrected chi connectivity index (χ3v) is 6.16. The molecule has 1 heterocycles. The lowest BCUT2D eigenvalue weighted by Crippen LogP contribution is -2.20. The molecule has 0 radical (unpaired) electrons. The Kier molecular flexibility index (Phi) is 7.96. The molecule has 0 fully saturated rings. The van der Waals surface area contributed by atoms with Crippen molar-refractivity contribution in [1.82, 2.24) is 0 Å². The highest BCUT2D eigenvalue weighted by Crippen LogP contribution is 2.36. The molecule has 37 heavy (non-hydrogen) atoms. The number of carbonyl (C=O) groups is 3. The predicted molar refractivity (Wildman–Crippen MR) is 144 cm³/mol. The summed E-state index contributed by atoms with van der Waals surface area (Å²) < 4.78 is 10.4. The molecule has 1 amide bonds. The molecular formula is C28H22Cl2N2O5. The maximum absolute atomic E-state index is 13.2. The second-order valence-electron chi connectivity index (χ2n) is 8.01. The van der Waals surface area contributed by atoms with Crippen molar-refractivity contribution in [2.75, 3.05) is 23.9 Å². The van der Waals surface area contributed by atoms with E-state index in [1.165, 1.54) is 7.11 Å². The lowest BCUT2D eigenvalue weighted by Gasteiger charge is -2.21. The summed E-state index contributed by atoms with van der Waals surface area (Å²) in [6.45, 7) is 1.48. The van der Waals surface area contributed by atoms with Crippen molar-refractivity contribution in [1.29, 1.82) is 0 Å². The van der Waals surface area contributed by atoms with E-state index in [0.29, 0.717) is 38.4 Å². The quantitative estimate of drug-likeness (QED) is 0.230. The van der Waals surface area contributed by atoms with Crippen molar-refractivity contribution >= 4 is 58.3 Å². The molecule has 1 aliphatic heterocycles. The van der Waals surface area contributed by atoms with Crippen LogP contribution in [0.3, 0.4) is 0 Å². The Labute approximate surface area is 223 Å². The number of halogens is 2. The van der Waals surface area contributed by atoms with Gasteiger partial charge in [-0.05, 0) is 67.1 Å². The van der Waals surface area contributed by atoms with Gasteiger partial charge in [-0.3, -0.25) is 9.59 Å². The van der Waals surface area contributed by atoms with Crippen LogP contribution in [0.2, 0.25) is 10.0 Å². The topological polar surface area (TPSA) is 84.9 Å². The molecule has 3 aromatic carbocycles. The number of Topliss-reactive ketones (excluding diaryl/α,β-unsaturated/α-hetero) is 1. The maximum atomic E-state index is 13.2. The maximum Gasteiger partial charge on any atom is 0.343 e. The van der Waals surface area contributed by atoms with Crippen molar-refractivity contribution < 1.29 is 23.9 Å². The molecule has 3 aromatic rings. The van der Waals surface area contributed by atoms with Crippen molar-refractivity contribution in [2.24, 2.45) is 0 Å². The van der Waals surface area contributed by atoms with Crippen LogP contribution in [0.5, 0.6) is 5.75 Å². The van der Waals surface area contributed by atoms with Crippen molar-refractivity contribution in [3.8, 4) is 5.75 Å². The van der Waals surface area contributed by atoms with Crippen LogP contribution in [0.4, 0.5) is 11.4 Å². The van der Waals surface area contributed by atoms with Gasteiger partial charge in [0.05, 0.1) is 23.5 Å². The Morgan fingerprint density at radius 1 is 0.973 bits per heavy atom. The van der Waals surface area contributed by atoms with E-state index in [9.17, 15) is 14.4 Å². The highest BCUT2D eigenvalue weighted by Gasteiger charge is 2.38. The number of amides is 1. The number of nitrogens with one attached hydrogen (secondary N) is 1. The Bertz CT molecular complexity index is 1410. The van der Waals surface area contributed by atoms with E-state index in [4.69, 9.17) is 32.7 Å². The average molecular weight is 537 g/mol. The second kappa shape index (κ2) is 11.3. The van der Waals surface area contributed by atoms with Crippen molar-refractivity contribution in [2.45, 2.75) is 6.92 Å². The first-order chi connectivity index (χ1) is 17.8. The summed E-state index contributed by atoms with van der Waals surface area (Å²) in [4.78, 5) is 39.4. The number of ether oxygens (including phenoxy) is 2. The fraction of sp³-hybridized carbons (Fsp3) is 0.107. The second-order valence-corrected chi connectivity index (χ2v) is 8.85. The fourth-order valence-electron chi connectivity index (χ4n) is 3.80. The highest BCUT2D eigenvalue weighted by molar-refractivity contribution is 6.33. The minimum absolute atomic E-state index is 0.0341. The van der Waals surface area contributed by atoms with E-state index in [-0.39, 0.29) is 23.8 Å². The number of hydrogen-bond donors (Lipinski definition) is 1. The smallest absolute Gasteiger partial charge is 0.343 e. The molecule has 0 saturated heterocycles. The summed E-state index contributed by atoms with van der Waals surface area (Å²) in [6.07, 6.45) is 1.67. The number of methoxy groups -OCH3 is 1. The fourth-order valence-corrected chi connectivity index (χ4v) is 4.11. The number of allylic oxidation sites excluding steroid dienone is 2. The lowest BCUT2D eigenvalue weighted by atomic mass is 10.1. The van der Waals surface area contributed by atoms with Gasteiger partial charge in [-0.1, -0.05) is 47.5 Å². The van der Waals surface area contributed by atoms with Crippen LogP contribution in [-0.4, -0.2) is 31.4 Å². The van der Waals surface area contributed by atoms with Crippen LogP contribution in [0.1, 0.15) is 12.5 Å².